The third-order valence-electron chi connectivity index (χ3n) is 3.76. The Morgan fingerprint density at radius 2 is 1.88 bits per heavy atom. The normalized spacial score (nSPS) is 11.2. The summed E-state index contributed by atoms with van der Waals surface area (Å²) in [6.07, 6.45) is 1.17. The van der Waals surface area contributed by atoms with E-state index in [4.69, 9.17) is 16.4 Å². The van der Waals surface area contributed by atoms with Gasteiger partial charge in [0.05, 0.1) is 24.9 Å². The molecule has 2 aromatic heterocycles. The molecule has 0 amide bonds. The Morgan fingerprint density at radius 3 is 2.38 bits per heavy atom. The second-order valence-electron chi connectivity index (χ2n) is 5.44. The van der Waals surface area contributed by atoms with Gasteiger partial charge < -0.3 is 4.74 Å². The molecule has 132 valence electrons. The van der Waals surface area contributed by atoms with Gasteiger partial charge in [0, 0.05) is 6.20 Å². The molecule has 9 heteroatoms. The zero-order valence-electron chi connectivity index (χ0n) is 14.0. The number of hydrogen-bond donors (Lipinski definition) is 1. The van der Waals surface area contributed by atoms with E-state index in [0.29, 0.717) is 23.1 Å². The zero-order valence-corrected chi connectivity index (χ0v) is 14.9. The summed E-state index contributed by atoms with van der Waals surface area (Å²) in [5, 5.41) is 9.54. The summed E-state index contributed by atoms with van der Waals surface area (Å²) in [6, 6.07) is 9.94. The lowest BCUT2D eigenvalue weighted by Gasteiger charge is -2.08. The third kappa shape index (κ3) is 3.15. The molecule has 8 nitrogen and oxygen atoms in total. The molecule has 0 fully saturated rings. The quantitative estimate of drug-likeness (QED) is 0.711. The number of methoxy groups -OCH3 is 1. The molecule has 0 saturated heterocycles. The topological polar surface area (TPSA) is 104 Å². The molecule has 0 saturated carbocycles. The molecule has 0 aliphatic carbocycles. The maximum Gasteiger partial charge on any atom is 0.239 e. The highest BCUT2D eigenvalue weighted by Gasteiger charge is 2.20. The van der Waals surface area contributed by atoms with Crippen LogP contribution in [0.2, 0.25) is 0 Å². The van der Waals surface area contributed by atoms with Gasteiger partial charge in [0.1, 0.15) is 4.90 Å². The maximum atomic E-state index is 11.4. The lowest BCUT2D eigenvalue weighted by molar-refractivity contribution is 0.384. The zero-order chi connectivity index (χ0) is 18.9. The van der Waals surface area contributed by atoms with E-state index < -0.39 is 10.0 Å². The van der Waals surface area contributed by atoms with Crippen LogP contribution in [-0.4, -0.2) is 30.3 Å². The molecule has 3 aromatic rings. The first-order chi connectivity index (χ1) is 12.3. The van der Waals surface area contributed by atoms with Crippen LogP contribution < -0.4 is 9.88 Å². The fraction of sp³-hybridized carbons (Fsp3) is 0.118. The number of ether oxygens (including phenoxy) is 1. The average Bonchev–Trinajstić information content (AvgIpc) is 2.97. The summed E-state index contributed by atoms with van der Waals surface area (Å²) >= 11 is 0. The number of pyridine rings is 1. The molecule has 0 aliphatic heterocycles. The molecule has 2 heterocycles. The molecule has 0 spiro atoms. The minimum absolute atomic E-state index is 0.0842. The second-order valence-corrected chi connectivity index (χ2v) is 7.00. The highest BCUT2D eigenvalue weighted by Crippen LogP contribution is 2.35. The number of primary sulfonamides is 1. The van der Waals surface area contributed by atoms with E-state index in [9.17, 15) is 8.42 Å². The molecule has 26 heavy (non-hydrogen) atoms. The highest BCUT2D eigenvalue weighted by molar-refractivity contribution is 7.89. The molecular weight excluding hydrogens is 354 g/mol. The van der Waals surface area contributed by atoms with E-state index in [-0.39, 0.29) is 4.90 Å². The number of hydrogen-bond acceptors (Lipinski definition) is 5. The van der Waals surface area contributed by atoms with Gasteiger partial charge in [-0.15, -0.1) is 0 Å². The van der Waals surface area contributed by atoms with Crippen molar-refractivity contribution in [2.75, 3.05) is 7.11 Å². The number of nitrogens with zero attached hydrogens (tertiary/aromatic N) is 4. The molecular formula is C17H15N5O3S. The first-order valence-corrected chi connectivity index (χ1v) is 9.00. The van der Waals surface area contributed by atoms with E-state index >= 15 is 0 Å². The Bertz CT molecular complexity index is 1100. The maximum absolute atomic E-state index is 11.4. The van der Waals surface area contributed by atoms with E-state index in [1.165, 1.54) is 30.1 Å². The average molecular weight is 369 g/mol. The summed E-state index contributed by atoms with van der Waals surface area (Å²) in [7, 11) is -2.30. The van der Waals surface area contributed by atoms with Crippen LogP contribution in [0.5, 0.6) is 5.88 Å². The van der Waals surface area contributed by atoms with Crippen LogP contribution in [0.4, 0.5) is 5.69 Å². The van der Waals surface area contributed by atoms with Gasteiger partial charge >= 0.3 is 0 Å². The van der Waals surface area contributed by atoms with Crippen LogP contribution in [0.25, 0.3) is 21.8 Å². The van der Waals surface area contributed by atoms with Crippen LogP contribution >= 0.6 is 0 Å². The molecule has 3 rings (SSSR count). The van der Waals surface area contributed by atoms with Crippen molar-refractivity contribution >= 4 is 15.7 Å². The van der Waals surface area contributed by atoms with Gasteiger partial charge in [-0.2, -0.15) is 9.78 Å². The predicted molar refractivity (Wildman–Crippen MR) is 95.7 cm³/mol. The van der Waals surface area contributed by atoms with Crippen LogP contribution in [0.1, 0.15) is 5.69 Å². The highest BCUT2D eigenvalue weighted by atomic mass is 32.2. The molecule has 0 unspecified atom stereocenters. The number of aryl methyl sites for hydroxylation is 1. The first-order valence-electron chi connectivity index (χ1n) is 7.46. The Hall–Kier alpha value is -3.22. The van der Waals surface area contributed by atoms with E-state index in [1.54, 1.807) is 12.1 Å². The summed E-state index contributed by atoms with van der Waals surface area (Å²) in [6.45, 7) is 8.87. The molecule has 1 aromatic carbocycles. The van der Waals surface area contributed by atoms with Crippen molar-refractivity contribution in [1.29, 1.82) is 0 Å². The van der Waals surface area contributed by atoms with Crippen molar-refractivity contribution < 1.29 is 13.2 Å². The predicted octanol–water partition coefficient (Wildman–Crippen LogP) is 2.45. The SMILES string of the molecule is [C-]#[N+]c1ccc(-c2c(C)nn(-c3ccc(S(N)(=O)=O)cn3)c2OC)cc1. The van der Waals surface area contributed by atoms with Gasteiger partial charge in [0.2, 0.25) is 15.9 Å². The third-order valence-corrected chi connectivity index (χ3v) is 4.66. The number of aromatic nitrogens is 3. The van der Waals surface area contributed by atoms with Crippen molar-refractivity contribution in [2.45, 2.75) is 11.8 Å². The number of nitrogens with two attached hydrogens (primary N) is 1. The minimum atomic E-state index is -3.82. The Labute approximate surface area is 150 Å². The lowest BCUT2D eigenvalue weighted by atomic mass is 10.1. The molecule has 2 N–H and O–H groups in total. The van der Waals surface area contributed by atoms with Crippen molar-refractivity contribution in [3.63, 3.8) is 0 Å². The van der Waals surface area contributed by atoms with Gasteiger partial charge in [-0.25, -0.2) is 23.4 Å². The van der Waals surface area contributed by atoms with Crippen LogP contribution in [0.3, 0.4) is 0 Å². The van der Waals surface area contributed by atoms with E-state index in [0.717, 1.165) is 11.1 Å². The van der Waals surface area contributed by atoms with E-state index in [2.05, 4.69) is 14.9 Å². The minimum Gasteiger partial charge on any atom is -0.480 e. The first kappa shape index (κ1) is 17.6. The Balaban J connectivity index is 2.11. The monoisotopic (exact) mass is 369 g/mol. The molecule has 0 bridgehead atoms. The number of sulfonamides is 1. The number of benzene rings is 1. The van der Waals surface area contributed by atoms with Gasteiger partial charge in [-0.1, -0.05) is 24.3 Å². The van der Waals surface area contributed by atoms with Gasteiger partial charge in [-0.05, 0) is 24.6 Å². The van der Waals surface area contributed by atoms with Gasteiger partial charge in [0.25, 0.3) is 0 Å². The van der Waals surface area contributed by atoms with Crippen LogP contribution in [0, 0.1) is 13.5 Å². The Kier molecular flexibility index (Phi) is 4.46. The Morgan fingerprint density at radius 1 is 1.19 bits per heavy atom. The fourth-order valence-electron chi connectivity index (χ4n) is 2.55. The summed E-state index contributed by atoms with van der Waals surface area (Å²) < 4.78 is 29.7. The van der Waals surface area contributed by atoms with Crippen molar-refractivity contribution in [3.05, 3.63) is 59.7 Å². The molecule has 0 atom stereocenters. The standard InChI is InChI=1S/C17H15N5O3S/c1-11-16(12-4-6-13(19-2)7-5-12)17(25-3)22(21-11)15-9-8-14(10-20-15)26(18,23)24/h4-10H,1,3H3,(H2,18,23,24). The molecule has 0 radical (unpaired) electrons. The van der Waals surface area contributed by atoms with Gasteiger partial charge in [-0.3, -0.25) is 0 Å². The second kappa shape index (κ2) is 6.59. The van der Waals surface area contributed by atoms with Crippen molar-refractivity contribution in [3.8, 4) is 22.8 Å². The van der Waals surface area contributed by atoms with Crippen LogP contribution in [0.15, 0.2) is 47.5 Å². The molecule has 0 aliphatic rings. The summed E-state index contributed by atoms with van der Waals surface area (Å²) in [4.78, 5) is 7.42. The van der Waals surface area contributed by atoms with Crippen molar-refractivity contribution in [1.82, 2.24) is 14.8 Å². The van der Waals surface area contributed by atoms with E-state index in [1.807, 2.05) is 19.1 Å². The smallest absolute Gasteiger partial charge is 0.239 e. The van der Waals surface area contributed by atoms with Crippen LogP contribution in [-0.2, 0) is 10.0 Å². The lowest BCUT2D eigenvalue weighted by Crippen LogP contribution is -2.13. The summed E-state index contributed by atoms with van der Waals surface area (Å²) in [5.41, 5.74) is 2.85. The van der Waals surface area contributed by atoms with Crippen molar-refractivity contribution in [2.24, 2.45) is 5.14 Å². The largest absolute Gasteiger partial charge is 0.480 e. The summed E-state index contributed by atoms with van der Waals surface area (Å²) in [5.74, 6) is 0.843. The fourth-order valence-corrected chi connectivity index (χ4v) is 3.01. The van der Waals surface area contributed by atoms with Gasteiger partial charge in [0.15, 0.2) is 11.5 Å². The number of rotatable bonds is 4.